The smallest absolute Gasteiger partial charge is 0.338 e. The van der Waals surface area contributed by atoms with Gasteiger partial charge in [0.15, 0.2) is 0 Å². The van der Waals surface area contributed by atoms with E-state index in [2.05, 4.69) is 19.2 Å². The van der Waals surface area contributed by atoms with Crippen LogP contribution >= 0.6 is 0 Å². The average molecular weight is 383 g/mol. The number of carbonyl (C=O) groups excluding carboxylic acids is 2. The van der Waals surface area contributed by atoms with Crippen molar-refractivity contribution in [2.75, 3.05) is 19.0 Å². The van der Waals surface area contributed by atoms with E-state index >= 15 is 0 Å². The zero-order valence-electron chi connectivity index (χ0n) is 17.3. The number of aryl methyl sites for hydroxylation is 1. The lowest BCUT2D eigenvalue weighted by molar-refractivity contribution is 0.0499. The molecule has 1 N–H and O–H groups in total. The van der Waals surface area contributed by atoms with Crippen LogP contribution in [0.5, 0.6) is 5.75 Å². The molecule has 0 saturated heterocycles. The van der Waals surface area contributed by atoms with Gasteiger partial charge in [0.1, 0.15) is 5.75 Å². The predicted octanol–water partition coefficient (Wildman–Crippen LogP) is 5.34. The van der Waals surface area contributed by atoms with E-state index in [1.165, 1.54) is 0 Å². The van der Waals surface area contributed by atoms with Gasteiger partial charge in [-0.15, -0.1) is 0 Å². The number of carbonyl (C=O) groups is 2. The number of amides is 1. The quantitative estimate of drug-likeness (QED) is 0.494. The Morgan fingerprint density at radius 3 is 2.36 bits per heavy atom. The summed E-state index contributed by atoms with van der Waals surface area (Å²) in [5.74, 6) is 0.481. The molecule has 0 radical (unpaired) electrons. The van der Waals surface area contributed by atoms with Crippen LogP contribution in [0.4, 0.5) is 5.69 Å². The van der Waals surface area contributed by atoms with Crippen molar-refractivity contribution < 1.29 is 19.1 Å². The standard InChI is InChI=1S/C23H29NO4/c1-6-7-12-28-23(26)17-8-10-18(11-9-17)24-22(25)20-14-19(15(2)3)21(27-5)13-16(20)4/h8-11,13-15H,6-7,12H2,1-5H3,(H,24,25). The molecule has 0 aliphatic carbocycles. The third kappa shape index (κ3) is 5.35. The number of anilines is 1. The SMILES string of the molecule is CCCCOC(=O)c1ccc(NC(=O)c2cc(C(C)C)c(OC)cc2C)cc1. The van der Waals surface area contributed by atoms with Crippen LogP contribution in [0.1, 0.15) is 71.4 Å². The minimum Gasteiger partial charge on any atom is -0.496 e. The number of ether oxygens (including phenoxy) is 2. The summed E-state index contributed by atoms with van der Waals surface area (Å²) in [7, 11) is 1.63. The van der Waals surface area contributed by atoms with Gasteiger partial charge in [-0.2, -0.15) is 0 Å². The topological polar surface area (TPSA) is 64.6 Å². The maximum absolute atomic E-state index is 12.8. The van der Waals surface area contributed by atoms with E-state index in [0.29, 0.717) is 23.4 Å². The number of nitrogens with one attached hydrogen (secondary N) is 1. The number of hydrogen-bond donors (Lipinski definition) is 1. The molecule has 0 aliphatic heterocycles. The zero-order valence-corrected chi connectivity index (χ0v) is 17.3. The van der Waals surface area contributed by atoms with E-state index < -0.39 is 0 Å². The lowest BCUT2D eigenvalue weighted by Crippen LogP contribution is -2.14. The maximum Gasteiger partial charge on any atom is 0.338 e. The number of methoxy groups -OCH3 is 1. The predicted molar refractivity (Wildman–Crippen MR) is 111 cm³/mol. The van der Waals surface area contributed by atoms with Crippen LogP contribution in [0.15, 0.2) is 36.4 Å². The second kappa shape index (κ2) is 9.93. The van der Waals surface area contributed by atoms with Gasteiger partial charge in [0.05, 0.1) is 19.3 Å². The molecule has 150 valence electrons. The highest BCUT2D eigenvalue weighted by Crippen LogP contribution is 2.30. The molecule has 5 heteroatoms. The van der Waals surface area contributed by atoms with Crippen molar-refractivity contribution in [1.29, 1.82) is 0 Å². The van der Waals surface area contributed by atoms with Crippen LogP contribution in [-0.4, -0.2) is 25.6 Å². The first-order valence-electron chi connectivity index (χ1n) is 9.64. The molecule has 0 atom stereocenters. The molecule has 0 saturated carbocycles. The number of rotatable bonds is 8. The van der Waals surface area contributed by atoms with Gasteiger partial charge in [-0.3, -0.25) is 4.79 Å². The molecule has 2 aromatic carbocycles. The summed E-state index contributed by atoms with van der Waals surface area (Å²) >= 11 is 0. The summed E-state index contributed by atoms with van der Waals surface area (Å²) in [5, 5.41) is 2.89. The molecule has 1 amide bonds. The largest absolute Gasteiger partial charge is 0.496 e. The lowest BCUT2D eigenvalue weighted by atomic mass is 9.96. The molecular weight excluding hydrogens is 354 g/mol. The van der Waals surface area contributed by atoms with Crippen LogP contribution < -0.4 is 10.1 Å². The third-order valence-corrected chi connectivity index (χ3v) is 4.55. The molecule has 0 heterocycles. The fourth-order valence-corrected chi connectivity index (χ4v) is 2.85. The van der Waals surface area contributed by atoms with Gasteiger partial charge < -0.3 is 14.8 Å². The summed E-state index contributed by atoms with van der Waals surface area (Å²) < 4.78 is 10.6. The van der Waals surface area contributed by atoms with E-state index in [1.54, 1.807) is 31.4 Å². The maximum atomic E-state index is 12.8. The molecule has 0 aliphatic rings. The number of esters is 1. The normalized spacial score (nSPS) is 10.6. The van der Waals surface area contributed by atoms with Crippen molar-refractivity contribution >= 4 is 17.6 Å². The Kier molecular flexibility index (Phi) is 7.61. The van der Waals surface area contributed by atoms with Crippen LogP contribution in [0.3, 0.4) is 0 Å². The molecule has 5 nitrogen and oxygen atoms in total. The van der Waals surface area contributed by atoms with Crippen LogP contribution in [0.2, 0.25) is 0 Å². The number of benzene rings is 2. The highest BCUT2D eigenvalue weighted by molar-refractivity contribution is 6.05. The zero-order chi connectivity index (χ0) is 20.7. The second-order valence-corrected chi connectivity index (χ2v) is 7.08. The second-order valence-electron chi connectivity index (χ2n) is 7.08. The lowest BCUT2D eigenvalue weighted by Gasteiger charge is -2.16. The van der Waals surface area contributed by atoms with Crippen molar-refractivity contribution in [3.05, 3.63) is 58.7 Å². The Bertz CT molecular complexity index is 825. The highest BCUT2D eigenvalue weighted by atomic mass is 16.5. The average Bonchev–Trinajstić information content (AvgIpc) is 2.67. The monoisotopic (exact) mass is 383 g/mol. The van der Waals surface area contributed by atoms with Crippen LogP contribution in [-0.2, 0) is 4.74 Å². The van der Waals surface area contributed by atoms with Gasteiger partial charge in [0.25, 0.3) is 5.91 Å². The van der Waals surface area contributed by atoms with Gasteiger partial charge in [0.2, 0.25) is 0 Å². The molecular formula is C23H29NO4. The van der Waals surface area contributed by atoms with Crippen LogP contribution in [0, 0.1) is 6.92 Å². The van der Waals surface area contributed by atoms with Gasteiger partial charge in [-0.1, -0.05) is 27.2 Å². The minimum atomic E-state index is -0.348. The number of unbranched alkanes of at least 4 members (excludes halogenated alkanes) is 1. The van der Waals surface area contributed by atoms with Crippen molar-refractivity contribution in [1.82, 2.24) is 0 Å². The number of hydrogen-bond acceptors (Lipinski definition) is 4. The van der Waals surface area contributed by atoms with E-state index in [-0.39, 0.29) is 17.8 Å². The van der Waals surface area contributed by atoms with E-state index in [4.69, 9.17) is 9.47 Å². The van der Waals surface area contributed by atoms with Crippen molar-refractivity contribution in [3.63, 3.8) is 0 Å². The first-order chi connectivity index (χ1) is 13.4. The van der Waals surface area contributed by atoms with Gasteiger partial charge in [-0.05, 0) is 66.8 Å². The molecule has 0 unspecified atom stereocenters. The van der Waals surface area contributed by atoms with E-state index in [0.717, 1.165) is 29.7 Å². The first kappa shape index (κ1) is 21.5. The Hall–Kier alpha value is -2.82. The molecule has 0 spiro atoms. The Labute approximate surface area is 167 Å². The highest BCUT2D eigenvalue weighted by Gasteiger charge is 2.16. The summed E-state index contributed by atoms with van der Waals surface area (Å²) in [6.07, 6.45) is 1.82. The summed E-state index contributed by atoms with van der Waals surface area (Å²) in [5.41, 5.74) is 3.53. The molecule has 28 heavy (non-hydrogen) atoms. The summed E-state index contributed by atoms with van der Waals surface area (Å²) in [6, 6.07) is 10.5. The van der Waals surface area contributed by atoms with E-state index in [9.17, 15) is 9.59 Å². The van der Waals surface area contributed by atoms with Gasteiger partial charge in [0, 0.05) is 11.3 Å². The Balaban J connectivity index is 2.12. The molecule has 2 rings (SSSR count). The molecule has 0 fully saturated rings. The fraction of sp³-hybridized carbons (Fsp3) is 0.391. The summed E-state index contributed by atoms with van der Waals surface area (Å²) in [4.78, 5) is 24.7. The molecule has 0 aromatic heterocycles. The van der Waals surface area contributed by atoms with Gasteiger partial charge >= 0.3 is 5.97 Å². The van der Waals surface area contributed by atoms with Crippen molar-refractivity contribution in [2.24, 2.45) is 0 Å². The third-order valence-electron chi connectivity index (χ3n) is 4.55. The fourth-order valence-electron chi connectivity index (χ4n) is 2.85. The van der Waals surface area contributed by atoms with Gasteiger partial charge in [-0.25, -0.2) is 4.79 Å². The van der Waals surface area contributed by atoms with Crippen LogP contribution in [0.25, 0.3) is 0 Å². The van der Waals surface area contributed by atoms with Crippen molar-refractivity contribution in [2.45, 2.75) is 46.5 Å². The summed E-state index contributed by atoms with van der Waals surface area (Å²) in [6.45, 7) is 8.47. The molecule has 0 bridgehead atoms. The van der Waals surface area contributed by atoms with E-state index in [1.807, 2.05) is 26.0 Å². The Morgan fingerprint density at radius 1 is 1.11 bits per heavy atom. The Morgan fingerprint density at radius 2 is 1.79 bits per heavy atom. The minimum absolute atomic E-state index is 0.194. The first-order valence-corrected chi connectivity index (χ1v) is 9.64. The van der Waals surface area contributed by atoms with Crippen molar-refractivity contribution in [3.8, 4) is 5.75 Å². The molecule has 2 aromatic rings.